The van der Waals surface area contributed by atoms with Gasteiger partial charge in [0.2, 0.25) is 0 Å². The SMILES string of the molecule is CCOC(=O)[C@@H](N)CCN(CCCNCc1ccc(Oc2ccc(Cl)cc2)c(F)c1)C[C@H]1C[C@@H](n2ccc3c(NC)ncnc32)[C@H](O)[C@@H]1O. The van der Waals surface area contributed by atoms with Crippen molar-refractivity contribution in [2.24, 2.45) is 11.7 Å². The minimum atomic E-state index is -0.984. The Labute approximate surface area is 290 Å². The molecule has 0 aliphatic heterocycles. The standard InChI is InChI=1S/C35H45ClFN7O5/c1-3-48-35(47)28(38)12-15-43(14-4-13-40-19-22-5-10-30(27(37)17-22)49-25-8-6-24(36)7-9-25)20-23-18-29(32(46)31(23)45)44-16-11-26-33(39-2)41-21-42-34(26)44/h5-11,16-17,21,23,28-29,31-32,40,45-46H,3-4,12-15,18-20,38H2,1-2H3,(H,39,41,42)/t23-,28+,29-,31-,32+/m1/s1. The molecule has 0 radical (unpaired) electrons. The van der Waals surface area contributed by atoms with E-state index in [1.165, 1.54) is 12.4 Å². The summed E-state index contributed by atoms with van der Waals surface area (Å²) < 4.78 is 27.4. The Kier molecular flexibility index (Phi) is 12.8. The number of nitrogens with one attached hydrogen (secondary N) is 2. The molecular formula is C35H45ClFN7O5. The molecule has 5 atom stereocenters. The first-order valence-corrected chi connectivity index (χ1v) is 17.0. The van der Waals surface area contributed by atoms with Crippen molar-refractivity contribution in [2.45, 2.75) is 57.0 Å². The van der Waals surface area contributed by atoms with Crippen molar-refractivity contribution < 1.29 is 28.9 Å². The monoisotopic (exact) mass is 697 g/mol. The number of halogens is 2. The number of fused-ring (bicyclic) bond motifs is 1. The lowest BCUT2D eigenvalue weighted by atomic mass is 10.0. The normalized spacial score (nSPS) is 19.8. The summed E-state index contributed by atoms with van der Waals surface area (Å²) in [5.74, 6) is 0.178. The summed E-state index contributed by atoms with van der Waals surface area (Å²) in [7, 11) is 1.79. The number of aromatic nitrogens is 3. The lowest BCUT2D eigenvalue weighted by Gasteiger charge is -2.28. The summed E-state index contributed by atoms with van der Waals surface area (Å²) >= 11 is 5.91. The number of nitrogens with two attached hydrogens (primary N) is 1. The van der Waals surface area contributed by atoms with Crippen molar-refractivity contribution in [3.63, 3.8) is 0 Å². The molecule has 1 aliphatic rings. The number of aliphatic hydroxyl groups excluding tert-OH is 2. The van der Waals surface area contributed by atoms with Crippen LogP contribution >= 0.6 is 11.6 Å². The van der Waals surface area contributed by atoms with E-state index in [9.17, 15) is 19.4 Å². The summed E-state index contributed by atoms with van der Waals surface area (Å²) in [6.45, 7) is 4.77. The third kappa shape index (κ3) is 9.24. The van der Waals surface area contributed by atoms with Gasteiger partial charge in [-0.25, -0.2) is 14.4 Å². The number of benzene rings is 2. The third-order valence-corrected chi connectivity index (χ3v) is 9.16. The van der Waals surface area contributed by atoms with Gasteiger partial charge in [-0.2, -0.15) is 0 Å². The van der Waals surface area contributed by atoms with Crippen LogP contribution in [-0.2, 0) is 16.1 Å². The number of anilines is 1. The molecule has 14 heteroatoms. The van der Waals surface area contributed by atoms with Gasteiger partial charge in [0.25, 0.3) is 0 Å². The van der Waals surface area contributed by atoms with E-state index in [0.717, 1.165) is 17.4 Å². The fraction of sp³-hybridized carbons (Fsp3) is 0.457. The molecule has 5 rings (SSSR count). The topological polar surface area (TPSA) is 160 Å². The molecule has 0 unspecified atom stereocenters. The summed E-state index contributed by atoms with van der Waals surface area (Å²) in [4.78, 5) is 23.1. The molecule has 2 heterocycles. The lowest BCUT2D eigenvalue weighted by Crippen LogP contribution is -2.41. The zero-order chi connectivity index (χ0) is 34.9. The number of nitrogens with zero attached hydrogens (tertiary/aromatic N) is 4. The van der Waals surface area contributed by atoms with E-state index >= 15 is 0 Å². The Balaban J connectivity index is 1.17. The number of hydrogen-bond donors (Lipinski definition) is 5. The molecule has 264 valence electrons. The summed E-state index contributed by atoms with van der Waals surface area (Å²) in [6, 6.07) is 12.4. The first kappa shape index (κ1) is 36.4. The van der Waals surface area contributed by atoms with Crippen LogP contribution in [0.2, 0.25) is 5.02 Å². The van der Waals surface area contributed by atoms with Crippen molar-refractivity contribution in [1.29, 1.82) is 0 Å². The number of rotatable bonds is 17. The molecule has 0 saturated heterocycles. The van der Waals surface area contributed by atoms with Crippen LogP contribution in [0.25, 0.3) is 11.0 Å². The first-order valence-electron chi connectivity index (χ1n) is 16.6. The highest BCUT2D eigenvalue weighted by Gasteiger charge is 2.43. The number of ether oxygens (including phenoxy) is 2. The Bertz CT molecular complexity index is 1680. The van der Waals surface area contributed by atoms with Gasteiger partial charge >= 0.3 is 5.97 Å². The number of aliphatic hydroxyl groups is 2. The number of carbonyl (C=O) groups excluding carboxylic acids is 1. The maximum atomic E-state index is 14.8. The van der Waals surface area contributed by atoms with E-state index < -0.39 is 30.0 Å². The van der Waals surface area contributed by atoms with Gasteiger partial charge in [0.15, 0.2) is 11.6 Å². The summed E-state index contributed by atoms with van der Waals surface area (Å²) in [5, 5.41) is 30.1. The quantitative estimate of drug-likeness (QED) is 0.0799. The van der Waals surface area contributed by atoms with Gasteiger partial charge in [0, 0.05) is 43.8 Å². The van der Waals surface area contributed by atoms with Crippen molar-refractivity contribution in [3.8, 4) is 11.5 Å². The molecule has 1 aliphatic carbocycles. The van der Waals surface area contributed by atoms with E-state index in [2.05, 4.69) is 25.5 Å². The van der Waals surface area contributed by atoms with Gasteiger partial charge in [-0.3, -0.25) is 4.79 Å². The van der Waals surface area contributed by atoms with E-state index in [0.29, 0.717) is 67.8 Å². The van der Waals surface area contributed by atoms with Gasteiger partial charge in [-0.1, -0.05) is 17.7 Å². The van der Waals surface area contributed by atoms with Crippen molar-refractivity contribution in [1.82, 2.24) is 24.8 Å². The van der Waals surface area contributed by atoms with Gasteiger partial charge < -0.3 is 45.5 Å². The Morgan fingerprint density at radius 2 is 1.96 bits per heavy atom. The summed E-state index contributed by atoms with van der Waals surface area (Å²) in [5.41, 5.74) is 7.57. The van der Waals surface area contributed by atoms with Crippen molar-refractivity contribution in [2.75, 3.05) is 45.2 Å². The van der Waals surface area contributed by atoms with Crippen LogP contribution in [0.4, 0.5) is 10.2 Å². The molecule has 6 N–H and O–H groups in total. The highest BCUT2D eigenvalue weighted by atomic mass is 35.5. The minimum Gasteiger partial charge on any atom is -0.465 e. The van der Waals surface area contributed by atoms with Crippen LogP contribution in [0.5, 0.6) is 11.5 Å². The molecule has 12 nitrogen and oxygen atoms in total. The molecule has 1 saturated carbocycles. The molecule has 2 aromatic heterocycles. The maximum Gasteiger partial charge on any atom is 0.322 e. The average Bonchev–Trinajstić information content (AvgIpc) is 3.65. The molecule has 49 heavy (non-hydrogen) atoms. The zero-order valence-corrected chi connectivity index (χ0v) is 28.5. The van der Waals surface area contributed by atoms with E-state index in [-0.39, 0.29) is 24.3 Å². The average molecular weight is 698 g/mol. The van der Waals surface area contributed by atoms with Crippen LogP contribution < -0.4 is 21.1 Å². The fourth-order valence-corrected chi connectivity index (χ4v) is 6.46. The fourth-order valence-electron chi connectivity index (χ4n) is 6.34. The molecule has 0 bridgehead atoms. The molecule has 4 aromatic rings. The number of hydrogen-bond acceptors (Lipinski definition) is 11. The molecule has 0 spiro atoms. The largest absolute Gasteiger partial charge is 0.465 e. The Hall–Kier alpha value is -3.85. The number of carbonyl (C=O) groups is 1. The van der Waals surface area contributed by atoms with Crippen molar-refractivity contribution >= 4 is 34.4 Å². The van der Waals surface area contributed by atoms with E-state index in [1.807, 2.05) is 22.9 Å². The lowest BCUT2D eigenvalue weighted by molar-refractivity contribution is -0.144. The van der Waals surface area contributed by atoms with E-state index in [4.69, 9.17) is 26.8 Å². The molecule has 0 amide bonds. The highest BCUT2D eigenvalue weighted by Crippen LogP contribution is 2.38. The first-order chi connectivity index (χ1) is 23.7. The van der Waals surface area contributed by atoms with Crippen LogP contribution in [0.3, 0.4) is 0 Å². The van der Waals surface area contributed by atoms with Crippen LogP contribution in [0, 0.1) is 11.7 Å². The smallest absolute Gasteiger partial charge is 0.322 e. The second-order valence-corrected chi connectivity index (χ2v) is 12.7. The molecule has 2 aromatic carbocycles. The van der Waals surface area contributed by atoms with Crippen LogP contribution in [0.1, 0.15) is 37.8 Å². The summed E-state index contributed by atoms with van der Waals surface area (Å²) in [6.07, 6.45) is 3.08. The Morgan fingerprint density at radius 3 is 2.69 bits per heavy atom. The predicted molar refractivity (Wildman–Crippen MR) is 186 cm³/mol. The van der Waals surface area contributed by atoms with Gasteiger partial charge in [0.1, 0.15) is 35.7 Å². The van der Waals surface area contributed by atoms with Crippen LogP contribution in [-0.4, -0.2) is 93.7 Å². The minimum absolute atomic E-state index is 0.130. The zero-order valence-electron chi connectivity index (χ0n) is 27.8. The maximum absolute atomic E-state index is 14.8. The van der Waals surface area contributed by atoms with Gasteiger partial charge in [-0.05, 0) is 87.3 Å². The number of esters is 1. The third-order valence-electron chi connectivity index (χ3n) is 8.91. The van der Waals surface area contributed by atoms with E-state index in [1.54, 1.807) is 44.3 Å². The second kappa shape index (κ2) is 17.2. The molecule has 1 fully saturated rings. The molecular weight excluding hydrogens is 653 g/mol. The second-order valence-electron chi connectivity index (χ2n) is 12.3. The van der Waals surface area contributed by atoms with Crippen LogP contribution in [0.15, 0.2) is 61.1 Å². The highest BCUT2D eigenvalue weighted by molar-refractivity contribution is 6.30. The Morgan fingerprint density at radius 1 is 1.16 bits per heavy atom. The predicted octanol–water partition coefficient (Wildman–Crippen LogP) is 4.10. The van der Waals surface area contributed by atoms with Gasteiger partial charge in [-0.15, -0.1) is 0 Å². The van der Waals surface area contributed by atoms with Gasteiger partial charge in [0.05, 0.1) is 24.1 Å². The van der Waals surface area contributed by atoms with Crippen molar-refractivity contribution in [3.05, 3.63) is 77.5 Å².